The fourth-order valence-corrected chi connectivity index (χ4v) is 3.25. The van der Waals surface area contributed by atoms with Gasteiger partial charge in [-0.15, -0.1) is 0 Å². The molecule has 3 aromatic rings. The number of hydrogen-bond donors (Lipinski definition) is 1. The standard InChI is InChI=1S/C20H15ClFN3O/c21-16-11-14(8-9-17(16)22)24-19-18-15(7-4-10-23-18)20(26)25(19)12-13-5-2-1-3-6-13/h1-11,19,24H,12H2/t19-/m0/s1. The summed E-state index contributed by atoms with van der Waals surface area (Å²) in [6.07, 6.45) is 1.20. The summed E-state index contributed by atoms with van der Waals surface area (Å²) >= 11 is 5.88. The van der Waals surface area contributed by atoms with E-state index in [0.29, 0.717) is 23.5 Å². The summed E-state index contributed by atoms with van der Waals surface area (Å²) < 4.78 is 13.4. The molecule has 130 valence electrons. The molecule has 6 heteroatoms. The molecule has 1 aliphatic rings. The molecule has 4 rings (SSSR count). The predicted octanol–water partition coefficient (Wildman–Crippen LogP) is 4.64. The molecule has 26 heavy (non-hydrogen) atoms. The molecular formula is C20H15ClFN3O. The highest BCUT2D eigenvalue weighted by Crippen LogP contribution is 2.34. The number of rotatable bonds is 4. The van der Waals surface area contributed by atoms with Crippen molar-refractivity contribution < 1.29 is 9.18 Å². The molecule has 4 nitrogen and oxygen atoms in total. The normalized spacial score (nSPS) is 15.8. The van der Waals surface area contributed by atoms with Crippen LogP contribution in [0.4, 0.5) is 10.1 Å². The Hall–Kier alpha value is -2.92. The van der Waals surface area contributed by atoms with Crippen molar-refractivity contribution in [2.45, 2.75) is 12.7 Å². The first-order valence-corrected chi connectivity index (χ1v) is 8.52. The second-order valence-electron chi connectivity index (χ2n) is 6.03. The number of amides is 1. The number of nitrogens with zero attached hydrogens (tertiary/aromatic N) is 2. The molecule has 2 heterocycles. The zero-order chi connectivity index (χ0) is 18.1. The van der Waals surface area contributed by atoms with E-state index in [1.54, 1.807) is 29.3 Å². The Morgan fingerprint density at radius 2 is 1.92 bits per heavy atom. The van der Waals surface area contributed by atoms with E-state index in [9.17, 15) is 9.18 Å². The highest BCUT2D eigenvalue weighted by Gasteiger charge is 2.37. The molecule has 1 amide bonds. The molecule has 0 aliphatic carbocycles. The van der Waals surface area contributed by atoms with Gasteiger partial charge in [-0.2, -0.15) is 0 Å². The fourth-order valence-electron chi connectivity index (χ4n) is 3.07. The summed E-state index contributed by atoms with van der Waals surface area (Å²) in [5.74, 6) is -0.581. The van der Waals surface area contributed by atoms with Crippen molar-refractivity contribution >= 4 is 23.2 Å². The molecule has 0 saturated carbocycles. The zero-order valence-corrected chi connectivity index (χ0v) is 14.4. The summed E-state index contributed by atoms with van der Waals surface area (Å²) in [6, 6.07) is 17.6. The van der Waals surface area contributed by atoms with E-state index in [-0.39, 0.29) is 10.9 Å². The number of anilines is 1. The molecule has 1 atom stereocenters. The van der Waals surface area contributed by atoms with E-state index in [1.165, 1.54) is 12.1 Å². The van der Waals surface area contributed by atoms with Gasteiger partial charge in [0, 0.05) is 18.4 Å². The van der Waals surface area contributed by atoms with Crippen LogP contribution in [0, 0.1) is 5.82 Å². The van der Waals surface area contributed by atoms with Crippen LogP contribution in [0.15, 0.2) is 66.9 Å². The molecule has 0 saturated heterocycles. The smallest absolute Gasteiger partial charge is 0.258 e. The van der Waals surface area contributed by atoms with Crippen molar-refractivity contribution in [2.24, 2.45) is 0 Å². The molecule has 0 radical (unpaired) electrons. The number of carbonyl (C=O) groups is 1. The zero-order valence-electron chi connectivity index (χ0n) is 13.7. The van der Waals surface area contributed by atoms with Gasteiger partial charge in [0.15, 0.2) is 0 Å². The average Bonchev–Trinajstić information content (AvgIpc) is 2.92. The minimum absolute atomic E-state index is 0.0233. The number of pyridine rings is 1. The van der Waals surface area contributed by atoms with Crippen molar-refractivity contribution in [3.63, 3.8) is 0 Å². The van der Waals surface area contributed by atoms with E-state index in [1.807, 2.05) is 30.3 Å². The van der Waals surface area contributed by atoms with Crippen LogP contribution in [0.5, 0.6) is 0 Å². The molecule has 0 fully saturated rings. The Bertz CT molecular complexity index is 964. The number of benzene rings is 2. The first-order valence-electron chi connectivity index (χ1n) is 8.15. The Labute approximate surface area is 155 Å². The van der Waals surface area contributed by atoms with Gasteiger partial charge in [-0.05, 0) is 35.9 Å². The second-order valence-corrected chi connectivity index (χ2v) is 6.44. The van der Waals surface area contributed by atoms with Gasteiger partial charge >= 0.3 is 0 Å². The number of carbonyl (C=O) groups excluding carboxylic acids is 1. The summed E-state index contributed by atoms with van der Waals surface area (Å²) in [5, 5.41) is 3.28. The highest BCUT2D eigenvalue weighted by molar-refractivity contribution is 6.31. The number of halogens is 2. The maximum atomic E-state index is 13.4. The second kappa shape index (κ2) is 6.77. The molecule has 1 aliphatic heterocycles. The lowest BCUT2D eigenvalue weighted by Gasteiger charge is -2.26. The fraction of sp³-hybridized carbons (Fsp3) is 0.100. The Morgan fingerprint density at radius 1 is 1.12 bits per heavy atom. The van der Waals surface area contributed by atoms with Crippen molar-refractivity contribution in [1.82, 2.24) is 9.88 Å². The average molecular weight is 368 g/mol. The van der Waals surface area contributed by atoms with Gasteiger partial charge < -0.3 is 10.2 Å². The van der Waals surface area contributed by atoms with E-state index >= 15 is 0 Å². The van der Waals surface area contributed by atoms with Crippen LogP contribution < -0.4 is 5.32 Å². The van der Waals surface area contributed by atoms with Crippen LogP contribution in [0.25, 0.3) is 0 Å². The van der Waals surface area contributed by atoms with Gasteiger partial charge in [0.2, 0.25) is 0 Å². The van der Waals surface area contributed by atoms with E-state index in [4.69, 9.17) is 11.6 Å². The van der Waals surface area contributed by atoms with Crippen molar-refractivity contribution in [3.8, 4) is 0 Å². The molecule has 2 aromatic carbocycles. The molecular weight excluding hydrogens is 353 g/mol. The maximum absolute atomic E-state index is 13.4. The number of aromatic nitrogens is 1. The predicted molar refractivity (Wildman–Crippen MR) is 98.3 cm³/mol. The molecule has 0 spiro atoms. The topological polar surface area (TPSA) is 45.2 Å². The van der Waals surface area contributed by atoms with Gasteiger partial charge in [0.25, 0.3) is 5.91 Å². The number of hydrogen-bond acceptors (Lipinski definition) is 3. The van der Waals surface area contributed by atoms with Gasteiger partial charge in [-0.3, -0.25) is 9.78 Å². The third kappa shape index (κ3) is 3.02. The minimum atomic E-state index is -0.487. The minimum Gasteiger partial charge on any atom is -0.360 e. The lowest BCUT2D eigenvalue weighted by Crippen LogP contribution is -2.32. The van der Waals surface area contributed by atoms with E-state index in [2.05, 4.69) is 10.3 Å². The molecule has 1 N–H and O–H groups in total. The Morgan fingerprint density at radius 3 is 2.69 bits per heavy atom. The van der Waals surface area contributed by atoms with Crippen LogP contribution in [-0.2, 0) is 6.54 Å². The number of nitrogens with one attached hydrogen (secondary N) is 1. The largest absolute Gasteiger partial charge is 0.360 e. The summed E-state index contributed by atoms with van der Waals surface area (Å²) in [4.78, 5) is 19.0. The third-order valence-corrected chi connectivity index (χ3v) is 4.61. The van der Waals surface area contributed by atoms with Crippen molar-refractivity contribution in [1.29, 1.82) is 0 Å². The van der Waals surface area contributed by atoms with E-state index < -0.39 is 12.0 Å². The van der Waals surface area contributed by atoms with Gasteiger partial charge in [-0.25, -0.2) is 4.39 Å². The lowest BCUT2D eigenvalue weighted by molar-refractivity contribution is 0.0728. The maximum Gasteiger partial charge on any atom is 0.258 e. The summed E-state index contributed by atoms with van der Waals surface area (Å²) in [5.41, 5.74) is 2.84. The number of fused-ring (bicyclic) bond motifs is 1. The van der Waals surface area contributed by atoms with Crippen molar-refractivity contribution in [2.75, 3.05) is 5.32 Å². The first-order chi connectivity index (χ1) is 12.6. The van der Waals surface area contributed by atoms with Crippen LogP contribution in [0.3, 0.4) is 0 Å². The van der Waals surface area contributed by atoms with Crippen molar-refractivity contribution in [3.05, 3.63) is 94.5 Å². The van der Waals surface area contributed by atoms with E-state index in [0.717, 1.165) is 5.56 Å². The lowest BCUT2D eigenvalue weighted by atomic mass is 10.2. The van der Waals surface area contributed by atoms with Gasteiger partial charge in [-0.1, -0.05) is 41.9 Å². The molecule has 1 aromatic heterocycles. The van der Waals surface area contributed by atoms with Crippen LogP contribution in [0.1, 0.15) is 27.8 Å². The molecule has 0 unspecified atom stereocenters. The van der Waals surface area contributed by atoms with Gasteiger partial charge in [0.1, 0.15) is 12.0 Å². The SMILES string of the molecule is O=C1c2cccnc2[C@@H](Nc2ccc(F)c(Cl)c2)N1Cc1ccccc1. The summed E-state index contributed by atoms with van der Waals surface area (Å²) in [6.45, 7) is 0.433. The Kier molecular flexibility index (Phi) is 4.31. The van der Waals surface area contributed by atoms with Crippen LogP contribution >= 0.6 is 11.6 Å². The third-order valence-electron chi connectivity index (χ3n) is 4.32. The van der Waals surface area contributed by atoms with Gasteiger partial charge in [0.05, 0.1) is 16.3 Å². The first kappa shape index (κ1) is 16.5. The van der Waals surface area contributed by atoms with Crippen LogP contribution in [-0.4, -0.2) is 15.8 Å². The monoisotopic (exact) mass is 367 g/mol. The summed E-state index contributed by atoms with van der Waals surface area (Å²) in [7, 11) is 0. The Balaban J connectivity index is 1.69. The highest BCUT2D eigenvalue weighted by atomic mass is 35.5. The molecule has 0 bridgehead atoms. The van der Waals surface area contributed by atoms with Crippen LogP contribution in [0.2, 0.25) is 5.02 Å². The quantitative estimate of drug-likeness (QED) is 0.730.